The highest BCUT2D eigenvalue weighted by Gasteiger charge is 2.33. The Morgan fingerprint density at radius 1 is 1.28 bits per heavy atom. The topological polar surface area (TPSA) is 32.3 Å². The fourth-order valence-electron chi connectivity index (χ4n) is 3.28. The lowest BCUT2D eigenvalue weighted by molar-refractivity contribution is -0.135. The van der Waals surface area contributed by atoms with Gasteiger partial charge < -0.3 is 10.2 Å². The number of piperidine rings is 1. The van der Waals surface area contributed by atoms with E-state index in [4.69, 9.17) is 0 Å². The van der Waals surface area contributed by atoms with Crippen LogP contribution in [-0.4, -0.2) is 36.0 Å². The summed E-state index contributed by atoms with van der Waals surface area (Å²) >= 11 is 0. The Morgan fingerprint density at radius 2 is 2.11 bits per heavy atom. The number of amides is 1. The van der Waals surface area contributed by atoms with E-state index in [2.05, 4.69) is 24.1 Å². The van der Waals surface area contributed by atoms with Crippen molar-refractivity contribution in [1.82, 2.24) is 10.2 Å². The molecule has 2 unspecified atom stereocenters. The number of nitrogens with zero attached hydrogens (tertiary/aromatic N) is 1. The van der Waals surface area contributed by atoms with Gasteiger partial charge in [0.2, 0.25) is 5.91 Å². The largest absolute Gasteiger partial charge is 0.338 e. The number of rotatable bonds is 4. The normalized spacial score (nSPS) is 28.9. The standard InChI is InChI=1S/C15H28N2O/c1-12(2)8-9-15(18)17-11-4-3-7-14(17)13-6-5-10-16-13/h12-14,16H,3-11H2,1-2H3. The second-order valence-electron chi connectivity index (χ2n) is 6.29. The van der Waals surface area contributed by atoms with Gasteiger partial charge in [0.25, 0.3) is 0 Å². The smallest absolute Gasteiger partial charge is 0.222 e. The molecule has 0 aliphatic carbocycles. The molecule has 2 heterocycles. The molecule has 2 aliphatic heterocycles. The van der Waals surface area contributed by atoms with Crippen molar-refractivity contribution in [3.8, 4) is 0 Å². The van der Waals surface area contributed by atoms with Crippen LogP contribution in [0.2, 0.25) is 0 Å². The van der Waals surface area contributed by atoms with Gasteiger partial charge in [0, 0.05) is 25.0 Å². The van der Waals surface area contributed by atoms with Crippen molar-refractivity contribution >= 4 is 5.91 Å². The zero-order valence-electron chi connectivity index (χ0n) is 12.0. The summed E-state index contributed by atoms with van der Waals surface area (Å²) in [6.07, 6.45) is 7.97. The number of carbonyl (C=O) groups excluding carboxylic acids is 1. The highest BCUT2D eigenvalue weighted by atomic mass is 16.2. The first kappa shape index (κ1) is 13.9. The van der Waals surface area contributed by atoms with E-state index < -0.39 is 0 Å². The summed E-state index contributed by atoms with van der Waals surface area (Å²) in [4.78, 5) is 14.6. The van der Waals surface area contributed by atoms with E-state index in [-0.39, 0.29) is 0 Å². The van der Waals surface area contributed by atoms with Gasteiger partial charge in [-0.05, 0) is 51.0 Å². The summed E-state index contributed by atoms with van der Waals surface area (Å²) in [7, 11) is 0. The molecule has 2 atom stereocenters. The predicted molar refractivity (Wildman–Crippen MR) is 74.4 cm³/mol. The van der Waals surface area contributed by atoms with E-state index >= 15 is 0 Å². The molecular weight excluding hydrogens is 224 g/mol. The highest BCUT2D eigenvalue weighted by Crippen LogP contribution is 2.25. The Hall–Kier alpha value is -0.570. The molecule has 0 radical (unpaired) electrons. The van der Waals surface area contributed by atoms with Crippen LogP contribution in [0.1, 0.15) is 58.8 Å². The summed E-state index contributed by atoms with van der Waals surface area (Å²) in [5.74, 6) is 1.02. The van der Waals surface area contributed by atoms with Crippen molar-refractivity contribution in [1.29, 1.82) is 0 Å². The molecule has 3 heteroatoms. The number of nitrogens with one attached hydrogen (secondary N) is 1. The van der Waals surface area contributed by atoms with E-state index in [1.165, 1.54) is 32.1 Å². The maximum atomic E-state index is 12.4. The monoisotopic (exact) mass is 252 g/mol. The minimum absolute atomic E-state index is 0.391. The number of hydrogen-bond donors (Lipinski definition) is 1. The zero-order valence-corrected chi connectivity index (χ0v) is 12.0. The molecule has 2 rings (SSSR count). The van der Waals surface area contributed by atoms with Gasteiger partial charge in [0.1, 0.15) is 0 Å². The first-order chi connectivity index (χ1) is 8.68. The quantitative estimate of drug-likeness (QED) is 0.834. The minimum atomic E-state index is 0.391. The number of hydrogen-bond acceptors (Lipinski definition) is 2. The molecule has 2 aliphatic rings. The molecule has 104 valence electrons. The van der Waals surface area contributed by atoms with Gasteiger partial charge in [0.05, 0.1) is 0 Å². The lowest BCUT2D eigenvalue weighted by Gasteiger charge is -2.39. The van der Waals surface area contributed by atoms with Crippen LogP contribution >= 0.6 is 0 Å². The van der Waals surface area contributed by atoms with E-state index in [0.717, 1.165) is 25.9 Å². The van der Waals surface area contributed by atoms with Gasteiger partial charge in [-0.25, -0.2) is 0 Å². The van der Waals surface area contributed by atoms with Crippen LogP contribution in [0.5, 0.6) is 0 Å². The number of likely N-dealkylation sites (tertiary alicyclic amines) is 1. The molecule has 0 aromatic heterocycles. The molecule has 1 N–H and O–H groups in total. The number of carbonyl (C=O) groups is 1. The summed E-state index contributed by atoms with van der Waals surface area (Å²) in [5, 5.41) is 3.58. The van der Waals surface area contributed by atoms with Gasteiger partial charge in [-0.2, -0.15) is 0 Å². The van der Waals surface area contributed by atoms with Crippen LogP contribution in [0.25, 0.3) is 0 Å². The van der Waals surface area contributed by atoms with E-state index in [9.17, 15) is 4.79 Å². The predicted octanol–water partition coefficient (Wildman–Crippen LogP) is 2.56. The summed E-state index contributed by atoms with van der Waals surface area (Å²) in [6.45, 7) is 6.51. The fraction of sp³-hybridized carbons (Fsp3) is 0.933. The Labute approximate surface area is 111 Å². The van der Waals surface area contributed by atoms with Crippen LogP contribution in [0.4, 0.5) is 0 Å². The molecule has 3 nitrogen and oxygen atoms in total. The van der Waals surface area contributed by atoms with Crippen molar-refractivity contribution in [2.75, 3.05) is 13.1 Å². The van der Waals surface area contributed by atoms with Gasteiger partial charge in [-0.3, -0.25) is 4.79 Å². The average Bonchev–Trinajstić information content (AvgIpc) is 2.89. The summed E-state index contributed by atoms with van der Waals surface area (Å²) in [6, 6.07) is 1.04. The van der Waals surface area contributed by atoms with Crippen molar-refractivity contribution in [3.63, 3.8) is 0 Å². The molecule has 2 fully saturated rings. The van der Waals surface area contributed by atoms with Crippen molar-refractivity contribution in [3.05, 3.63) is 0 Å². The molecule has 0 spiro atoms. The molecule has 0 saturated carbocycles. The van der Waals surface area contributed by atoms with Gasteiger partial charge >= 0.3 is 0 Å². The van der Waals surface area contributed by atoms with Crippen LogP contribution < -0.4 is 5.32 Å². The maximum absolute atomic E-state index is 12.4. The lowest BCUT2D eigenvalue weighted by atomic mass is 9.93. The third-order valence-corrected chi connectivity index (χ3v) is 4.37. The molecule has 0 aromatic carbocycles. The van der Waals surface area contributed by atoms with E-state index in [1.807, 2.05) is 0 Å². The Kier molecular flexibility index (Phi) is 5.04. The molecule has 0 bridgehead atoms. The van der Waals surface area contributed by atoms with Crippen LogP contribution in [0, 0.1) is 5.92 Å². The molecule has 0 aromatic rings. The van der Waals surface area contributed by atoms with Crippen LogP contribution in [0.15, 0.2) is 0 Å². The molecule has 2 saturated heterocycles. The third kappa shape index (κ3) is 3.47. The highest BCUT2D eigenvalue weighted by molar-refractivity contribution is 5.76. The Morgan fingerprint density at radius 3 is 2.78 bits per heavy atom. The SMILES string of the molecule is CC(C)CCC(=O)N1CCCCC1C1CCCN1. The van der Waals surface area contributed by atoms with E-state index in [1.54, 1.807) is 0 Å². The molecule has 1 amide bonds. The summed E-state index contributed by atoms with van der Waals surface area (Å²) < 4.78 is 0. The Balaban J connectivity index is 1.91. The van der Waals surface area contributed by atoms with Crippen molar-refractivity contribution in [2.24, 2.45) is 5.92 Å². The van der Waals surface area contributed by atoms with Gasteiger partial charge in [-0.1, -0.05) is 13.8 Å². The summed E-state index contributed by atoms with van der Waals surface area (Å²) in [5.41, 5.74) is 0. The Bertz CT molecular complexity index is 272. The second kappa shape index (κ2) is 6.55. The molecular formula is C15H28N2O. The van der Waals surface area contributed by atoms with Gasteiger partial charge in [0.15, 0.2) is 0 Å². The van der Waals surface area contributed by atoms with E-state index in [0.29, 0.717) is 23.9 Å². The lowest BCUT2D eigenvalue weighted by Crippen LogP contribution is -2.52. The first-order valence-electron chi connectivity index (χ1n) is 7.71. The third-order valence-electron chi connectivity index (χ3n) is 4.37. The first-order valence-corrected chi connectivity index (χ1v) is 7.71. The van der Waals surface area contributed by atoms with Crippen LogP contribution in [0.3, 0.4) is 0 Å². The zero-order chi connectivity index (χ0) is 13.0. The van der Waals surface area contributed by atoms with Gasteiger partial charge in [-0.15, -0.1) is 0 Å². The maximum Gasteiger partial charge on any atom is 0.222 e. The fourth-order valence-corrected chi connectivity index (χ4v) is 3.28. The minimum Gasteiger partial charge on any atom is -0.338 e. The molecule has 18 heavy (non-hydrogen) atoms. The van der Waals surface area contributed by atoms with Crippen molar-refractivity contribution < 1.29 is 4.79 Å². The second-order valence-corrected chi connectivity index (χ2v) is 6.29. The van der Waals surface area contributed by atoms with Crippen LogP contribution in [-0.2, 0) is 4.79 Å². The average molecular weight is 252 g/mol. The van der Waals surface area contributed by atoms with Crippen molar-refractivity contribution in [2.45, 2.75) is 70.9 Å².